The van der Waals surface area contributed by atoms with Crippen LogP contribution in [0.2, 0.25) is 0 Å². The number of hydrogen-bond acceptors (Lipinski definition) is 4. The predicted octanol–water partition coefficient (Wildman–Crippen LogP) is 5.39. The Bertz CT molecular complexity index is 826. The van der Waals surface area contributed by atoms with Gasteiger partial charge in [-0.25, -0.2) is 9.36 Å². The number of nitrogens with zero attached hydrogens (tertiary/aromatic N) is 2. The molecule has 0 saturated heterocycles. The average Bonchev–Trinajstić information content (AvgIpc) is 2.69. The minimum absolute atomic E-state index is 0.0232. The van der Waals surface area contributed by atoms with Crippen LogP contribution in [0, 0.1) is 10.1 Å². The molecule has 2 aromatic rings. The molecule has 1 aromatic carbocycles. The Labute approximate surface area is 149 Å². The molecule has 130 valence electrons. The third-order valence-electron chi connectivity index (χ3n) is 3.39. The van der Waals surface area contributed by atoms with E-state index in [2.05, 4.69) is 15.9 Å². The molecule has 0 bridgehead atoms. The molecular formula is C17H21BrN2O4. The molecule has 0 radical (unpaired) electrons. The van der Waals surface area contributed by atoms with Crippen molar-refractivity contribution in [3.8, 4) is 0 Å². The summed E-state index contributed by atoms with van der Waals surface area (Å²) < 4.78 is 7.69. The standard InChI is InChI=1S/C17H21BrN2O4/c1-16(2,3)14-13(18)11-9-10(20(22)23)7-8-12(11)19(14)15(21)24-17(4,5)6/h7-9H,1-6H3. The summed E-state index contributed by atoms with van der Waals surface area (Å²) in [7, 11) is 0. The fourth-order valence-corrected chi connectivity index (χ4v) is 3.61. The number of carbonyl (C=O) groups excluding carboxylic acids is 1. The third kappa shape index (κ3) is 3.45. The highest BCUT2D eigenvalue weighted by molar-refractivity contribution is 9.10. The first kappa shape index (κ1) is 18.4. The molecular weight excluding hydrogens is 376 g/mol. The van der Waals surface area contributed by atoms with Crippen molar-refractivity contribution >= 4 is 38.6 Å². The van der Waals surface area contributed by atoms with Crippen molar-refractivity contribution in [3.63, 3.8) is 0 Å². The number of benzene rings is 1. The Kier molecular flexibility index (Phi) is 4.52. The number of aromatic nitrogens is 1. The number of nitro benzene ring substituents is 1. The maximum atomic E-state index is 12.8. The van der Waals surface area contributed by atoms with Gasteiger partial charge >= 0.3 is 6.09 Å². The van der Waals surface area contributed by atoms with E-state index in [1.807, 2.05) is 20.8 Å². The number of rotatable bonds is 1. The molecule has 6 nitrogen and oxygen atoms in total. The van der Waals surface area contributed by atoms with Crippen LogP contribution in [0.4, 0.5) is 10.5 Å². The van der Waals surface area contributed by atoms with Crippen LogP contribution in [-0.4, -0.2) is 21.2 Å². The molecule has 0 aliphatic carbocycles. The van der Waals surface area contributed by atoms with Crippen molar-refractivity contribution in [2.75, 3.05) is 0 Å². The molecule has 0 aliphatic heterocycles. The quantitative estimate of drug-likeness (QED) is 0.478. The van der Waals surface area contributed by atoms with Crippen molar-refractivity contribution in [1.82, 2.24) is 4.57 Å². The van der Waals surface area contributed by atoms with E-state index in [4.69, 9.17) is 4.74 Å². The summed E-state index contributed by atoms with van der Waals surface area (Å²) in [6, 6.07) is 4.44. The predicted molar refractivity (Wildman–Crippen MR) is 96.6 cm³/mol. The number of nitro groups is 1. The lowest BCUT2D eigenvalue weighted by Gasteiger charge is -2.25. The minimum atomic E-state index is -0.643. The van der Waals surface area contributed by atoms with Gasteiger partial charge in [-0.3, -0.25) is 10.1 Å². The monoisotopic (exact) mass is 396 g/mol. The molecule has 0 N–H and O–H groups in total. The second-order valence-corrected chi connectivity index (χ2v) is 8.48. The van der Waals surface area contributed by atoms with Gasteiger partial charge in [0.2, 0.25) is 0 Å². The lowest BCUT2D eigenvalue weighted by atomic mass is 9.92. The molecule has 2 rings (SSSR count). The molecule has 0 unspecified atom stereocenters. The topological polar surface area (TPSA) is 74.4 Å². The lowest BCUT2D eigenvalue weighted by Crippen LogP contribution is -2.30. The number of carbonyl (C=O) groups is 1. The summed E-state index contributed by atoms with van der Waals surface area (Å²) in [4.78, 5) is 23.4. The number of fused-ring (bicyclic) bond motifs is 1. The first-order chi connectivity index (χ1) is 10.8. The van der Waals surface area contributed by atoms with Gasteiger partial charge < -0.3 is 4.74 Å². The second kappa shape index (κ2) is 5.88. The van der Waals surface area contributed by atoms with E-state index in [1.165, 1.54) is 16.7 Å². The molecule has 0 aliphatic rings. The highest BCUT2D eigenvalue weighted by Crippen LogP contribution is 2.39. The van der Waals surface area contributed by atoms with E-state index in [9.17, 15) is 14.9 Å². The van der Waals surface area contributed by atoms with Gasteiger partial charge in [0.05, 0.1) is 10.4 Å². The van der Waals surface area contributed by atoms with E-state index < -0.39 is 16.6 Å². The molecule has 0 fully saturated rings. The number of non-ortho nitro benzene ring substituents is 1. The normalized spacial score (nSPS) is 12.5. The largest absolute Gasteiger partial charge is 0.443 e. The highest BCUT2D eigenvalue weighted by atomic mass is 79.9. The highest BCUT2D eigenvalue weighted by Gasteiger charge is 2.31. The number of ether oxygens (including phenoxy) is 1. The van der Waals surface area contributed by atoms with Crippen molar-refractivity contribution in [1.29, 1.82) is 0 Å². The van der Waals surface area contributed by atoms with E-state index in [-0.39, 0.29) is 11.1 Å². The van der Waals surface area contributed by atoms with Gasteiger partial charge in [-0.15, -0.1) is 0 Å². The van der Waals surface area contributed by atoms with Crippen molar-refractivity contribution < 1.29 is 14.5 Å². The van der Waals surface area contributed by atoms with Crippen LogP contribution in [0.5, 0.6) is 0 Å². The summed E-state index contributed by atoms with van der Waals surface area (Å²) in [5.74, 6) is 0. The zero-order valence-electron chi connectivity index (χ0n) is 14.6. The maximum Gasteiger partial charge on any atom is 0.419 e. The lowest BCUT2D eigenvalue weighted by molar-refractivity contribution is -0.384. The molecule has 7 heteroatoms. The fraction of sp³-hybridized carbons (Fsp3) is 0.471. The minimum Gasteiger partial charge on any atom is -0.443 e. The summed E-state index contributed by atoms with van der Waals surface area (Å²) >= 11 is 3.52. The van der Waals surface area contributed by atoms with Crippen LogP contribution in [0.1, 0.15) is 47.2 Å². The fourth-order valence-electron chi connectivity index (χ4n) is 2.52. The van der Waals surface area contributed by atoms with Crippen LogP contribution in [0.25, 0.3) is 10.9 Å². The zero-order chi connectivity index (χ0) is 18.4. The van der Waals surface area contributed by atoms with Crippen LogP contribution >= 0.6 is 15.9 Å². The Morgan fingerprint density at radius 3 is 2.25 bits per heavy atom. The van der Waals surface area contributed by atoms with Crippen molar-refractivity contribution in [2.45, 2.75) is 52.6 Å². The Morgan fingerprint density at radius 2 is 1.79 bits per heavy atom. The molecule has 24 heavy (non-hydrogen) atoms. The van der Waals surface area contributed by atoms with E-state index in [1.54, 1.807) is 26.8 Å². The summed E-state index contributed by atoms with van der Waals surface area (Å²) in [5, 5.41) is 11.7. The average molecular weight is 397 g/mol. The molecule has 1 aromatic heterocycles. The van der Waals surface area contributed by atoms with Gasteiger partial charge in [0.1, 0.15) is 5.60 Å². The van der Waals surface area contributed by atoms with Gasteiger partial charge in [0.25, 0.3) is 5.69 Å². The smallest absolute Gasteiger partial charge is 0.419 e. The molecule has 0 atom stereocenters. The molecule has 1 heterocycles. The van der Waals surface area contributed by atoms with Gasteiger partial charge in [0.15, 0.2) is 0 Å². The first-order valence-corrected chi connectivity index (χ1v) is 8.34. The van der Waals surface area contributed by atoms with E-state index in [0.29, 0.717) is 21.1 Å². The van der Waals surface area contributed by atoms with Crippen LogP contribution in [0.15, 0.2) is 22.7 Å². The van der Waals surface area contributed by atoms with Crippen LogP contribution < -0.4 is 0 Å². The SMILES string of the molecule is CC(C)(C)OC(=O)n1c(C(C)(C)C)c(Br)c2cc([N+](=O)[O-])ccc21. The van der Waals surface area contributed by atoms with Gasteiger partial charge in [-0.1, -0.05) is 20.8 Å². The third-order valence-corrected chi connectivity index (χ3v) is 4.19. The van der Waals surface area contributed by atoms with Gasteiger partial charge in [-0.05, 0) is 42.8 Å². The molecule has 0 spiro atoms. The molecule has 0 saturated carbocycles. The Balaban J connectivity index is 2.80. The van der Waals surface area contributed by atoms with Crippen LogP contribution in [0.3, 0.4) is 0 Å². The Morgan fingerprint density at radius 1 is 1.21 bits per heavy atom. The first-order valence-electron chi connectivity index (χ1n) is 7.55. The van der Waals surface area contributed by atoms with Crippen molar-refractivity contribution in [3.05, 3.63) is 38.5 Å². The Hall–Kier alpha value is -1.89. The summed E-state index contributed by atoms with van der Waals surface area (Å²) in [5.41, 5.74) is 0.253. The number of hydrogen-bond donors (Lipinski definition) is 0. The summed E-state index contributed by atoms with van der Waals surface area (Å²) in [6.45, 7) is 11.3. The van der Waals surface area contributed by atoms with E-state index >= 15 is 0 Å². The maximum absolute atomic E-state index is 12.8. The zero-order valence-corrected chi connectivity index (χ0v) is 16.2. The van der Waals surface area contributed by atoms with Gasteiger partial charge in [-0.2, -0.15) is 0 Å². The number of halogens is 1. The molecule has 0 amide bonds. The van der Waals surface area contributed by atoms with Crippen LogP contribution in [-0.2, 0) is 10.2 Å². The van der Waals surface area contributed by atoms with Crippen molar-refractivity contribution in [2.24, 2.45) is 0 Å². The second-order valence-electron chi connectivity index (χ2n) is 7.69. The summed E-state index contributed by atoms with van der Waals surface area (Å²) in [6.07, 6.45) is -0.503. The van der Waals surface area contributed by atoms with Gasteiger partial charge in [0, 0.05) is 33.1 Å². The van der Waals surface area contributed by atoms with E-state index in [0.717, 1.165) is 0 Å².